The first-order valence-electron chi connectivity index (χ1n) is 1.85. The van der Waals surface area contributed by atoms with Crippen molar-refractivity contribution in [2.75, 3.05) is 0 Å². The number of pyridine rings is 1. The van der Waals surface area contributed by atoms with Gasteiger partial charge in [0.25, 0.3) is 0 Å². The molecule has 1 aromatic rings. The molecule has 0 aromatic carbocycles. The van der Waals surface area contributed by atoms with Gasteiger partial charge in [-0.05, 0) is 12.1 Å². The fourth-order valence-electron chi connectivity index (χ4n) is 0.313. The molecule has 1 rings (SSSR count). The molecule has 0 N–H and O–H groups in total. The van der Waals surface area contributed by atoms with E-state index in [4.69, 9.17) is 0 Å². The molecule has 1 nitrogen and oxygen atoms in total. The second-order valence-electron chi connectivity index (χ2n) is 1.02. The van der Waals surface area contributed by atoms with Gasteiger partial charge in [0.2, 0.25) is 0 Å². The predicted octanol–water partition coefficient (Wildman–Crippen LogP) is -0.215. The van der Waals surface area contributed by atoms with Crippen LogP contribution >= 0.6 is 0 Å². The summed E-state index contributed by atoms with van der Waals surface area (Å²) in [5, 5.41) is 0. The number of hydrogen-bond donors (Lipinski definition) is 0. The third-order valence-corrected chi connectivity index (χ3v) is 0.566. The van der Waals surface area contributed by atoms with E-state index < -0.39 is 0 Å². The molecular formula is C5H7NNa2. The van der Waals surface area contributed by atoms with Crippen LogP contribution in [0.15, 0.2) is 30.6 Å². The van der Waals surface area contributed by atoms with E-state index in [2.05, 4.69) is 4.98 Å². The van der Waals surface area contributed by atoms with Crippen molar-refractivity contribution in [3.63, 3.8) is 0 Å². The van der Waals surface area contributed by atoms with Crippen molar-refractivity contribution in [2.24, 2.45) is 0 Å². The van der Waals surface area contributed by atoms with Crippen molar-refractivity contribution in [3.05, 3.63) is 30.6 Å². The minimum absolute atomic E-state index is 0. The third-order valence-electron chi connectivity index (χ3n) is 0.566. The standard InChI is InChI=1S/C5H5N.2Na.2H/c1-2-4-6-5-3-1;;;;/h1-5H;;;;. The van der Waals surface area contributed by atoms with E-state index in [1.54, 1.807) is 12.4 Å². The van der Waals surface area contributed by atoms with E-state index in [1.165, 1.54) is 0 Å². The molecule has 0 aliphatic carbocycles. The van der Waals surface area contributed by atoms with Crippen molar-refractivity contribution in [3.8, 4) is 0 Å². The van der Waals surface area contributed by atoms with E-state index in [-0.39, 0.29) is 59.1 Å². The van der Waals surface area contributed by atoms with Crippen LogP contribution in [-0.4, -0.2) is 64.1 Å². The summed E-state index contributed by atoms with van der Waals surface area (Å²) in [5.41, 5.74) is 0. The van der Waals surface area contributed by atoms with Gasteiger partial charge in [-0.1, -0.05) is 6.07 Å². The van der Waals surface area contributed by atoms with Gasteiger partial charge in [-0.15, -0.1) is 0 Å². The summed E-state index contributed by atoms with van der Waals surface area (Å²) in [6, 6.07) is 5.72. The van der Waals surface area contributed by atoms with Gasteiger partial charge in [0.1, 0.15) is 0 Å². The van der Waals surface area contributed by atoms with E-state index in [1.807, 2.05) is 18.2 Å². The Bertz CT molecular complexity index is 82.4. The average molecular weight is 127 g/mol. The minimum atomic E-state index is 0. The first kappa shape index (κ1) is 11.9. The second kappa shape index (κ2) is 8.15. The topological polar surface area (TPSA) is 12.9 Å². The Morgan fingerprint density at radius 1 is 0.750 bits per heavy atom. The maximum absolute atomic E-state index is 3.78. The second-order valence-corrected chi connectivity index (χ2v) is 1.02. The molecule has 0 unspecified atom stereocenters. The Morgan fingerprint density at radius 3 is 1.38 bits per heavy atom. The number of rotatable bonds is 0. The number of nitrogens with zero attached hydrogens (tertiary/aromatic N) is 1. The first-order valence-corrected chi connectivity index (χ1v) is 1.85. The molecule has 1 aromatic heterocycles. The zero-order valence-corrected chi connectivity index (χ0v) is 3.33. The SMILES string of the molecule is [NaH].[NaH].c1ccncc1. The summed E-state index contributed by atoms with van der Waals surface area (Å²) >= 11 is 0. The summed E-state index contributed by atoms with van der Waals surface area (Å²) in [6.07, 6.45) is 3.50. The quantitative estimate of drug-likeness (QED) is 0.439. The van der Waals surface area contributed by atoms with Gasteiger partial charge >= 0.3 is 59.1 Å². The van der Waals surface area contributed by atoms with E-state index >= 15 is 0 Å². The van der Waals surface area contributed by atoms with Crippen LogP contribution in [0.25, 0.3) is 0 Å². The van der Waals surface area contributed by atoms with E-state index in [0.29, 0.717) is 0 Å². The molecule has 0 aliphatic rings. The maximum atomic E-state index is 3.78. The molecule has 0 amide bonds. The molecule has 0 saturated carbocycles. The van der Waals surface area contributed by atoms with Gasteiger partial charge < -0.3 is 0 Å². The summed E-state index contributed by atoms with van der Waals surface area (Å²) in [4.78, 5) is 3.78. The van der Waals surface area contributed by atoms with Gasteiger partial charge in [-0.25, -0.2) is 0 Å². The Kier molecular flexibility index (Phi) is 12.1. The van der Waals surface area contributed by atoms with Crippen LogP contribution in [0.1, 0.15) is 0 Å². The van der Waals surface area contributed by atoms with Crippen molar-refractivity contribution in [1.29, 1.82) is 0 Å². The van der Waals surface area contributed by atoms with Gasteiger partial charge in [0.15, 0.2) is 0 Å². The molecule has 0 bridgehead atoms. The third kappa shape index (κ3) is 5.29. The maximum Gasteiger partial charge on any atom is 0.0267 e. The Morgan fingerprint density at radius 2 is 1.25 bits per heavy atom. The first-order chi connectivity index (χ1) is 3.00. The van der Waals surface area contributed by atoms with Crippen molar-refractivity contribution < 1.29 is 0 Å². The average Bonchev–Trinajstić information content (AvgIpc) is 1.72. The normalized spacial score (nSPS) is 6.00. The van der Waals surface area contributed by atoms with Crippen LogP contribution in [0.5, 0.6) is 0 Å². The predicted molar refractivity (Wildman–Crippen MR) is 38.5 cm³/mol. The van der Waals surface area contributed by atoms with Gasteiger partial charge in [-0.3, -0.25) is 4.98 Å². The Balaban J connectivity index is 0. The summed E-state index contributed by atoms with van der Waals surface area (Å²) in [7, 11) is 0. The molecular weight excluding hydrogens is 120 g/mol. The zero-order chi connectivity index (χ0) is 4.24. The molecule has 0 aliphatic heterocycles. The molecule has 8 heavy (non-hydrogen) atoms. The molecule has 0 spiro atoms. The van der Waals surface area contributed by atoms with Crippen molar-refractivity contribution >= 4 is 59.1 Å². The largest absolute Gasteiger partial charge is 0.265 e. The van der Waals surface area contributed by atoms with Crippen LogP contribution < -0.4 is 0 Å². The van der Waals surface area contributed by atoms with Crippen LogP contribution in [0.4, 0.5) is 0 Å². The molecule has 1 heterocycles. The van der Waals surface area contributed by atoms with E-state index in [9.17, 15) is 0 Å². The Labute approximate surface area is 93.5 Å². The van der Waals surface area contributed by atoms with E-state index in [0.717, 1.165) is 0 Å². The van der Waals surface area contributed by atoms with Crippen LogP contribution in [-0.2, 0) is 0 Å². The molecule has 0 fully saturated rings. The monoisotopic (exact) mass is 127 g/mol. The zero-order valence-electron chi connectivity index (χ0n) is 3.33. The molecule has 3 heteroatoms. The van der Waals surface area contributed by atoms with Crippen molar-refractivity contribution in [1.82, 2.24) is 4.98 Å². The summed E-state index contributed by atoms with van der Waals surface area (Å²) in [6.45, 7) is 0. The van der Waals surface area contributed by atoms with Crippen LogP contribution in [0.3, 0.4) is 0 Å². The summed E-state index contributed by atoms with van der Waals surface area (Å²) in [5.74, 6) is 0. The van der Waals surface area contributed by atoms with Crippen LogP contribution in [0.2, 0.25) is 0 Å². The molecule has 34 valence electrons. The van der Waals surface area contributed by atoms with Gasteiger partial charge in [0, 0.05) is 12.4 Å². The molecule has 0 atom stereocenters. The Hall–Kier alpha value is 1.15. The van der Waals surface area contributed by atoms with Gasteiger partial charge in [0.05, 0.1) is 0 Å². The summed E-state index contributed by atoms with van der Waals surface area (Å²) < 4.78 is 0. The molecule has 0 saturated heterocycles. The fraction of sp³-hybridized carbons (Fsp3) is 0. The number of hydrogen-bond acceptors (Lipinski definition) is 1. The van der Waals surface area contributed by atoms with Gasteiger partial charge in [-0.2, -0.15) is 0 Å². The fourth-order valence-corrected chi connectivity index (χ4v) is 0.313. The molecule has 0 radical (unpaired) electrons. The van der Waals surface area contributed by atoms with Crippen molar-refractivity contribution in [2.45, 2.75) is 0 Å². The smallest absolute Gasteiger partial charge is 0.0267 e. The van der Waals surface area contributed by atoms with Crippen LogP contribution in [0, 0.1) is 0 Å². The number of aromatic nitrogens is 1. The minimum Gasteiger partial charge on any atom is -0.265 e.